The molecule has 23 heavy (non-hydrogen) atoms. The van der Waals surface area contributed by atoms with Gasteiger partial charge in [0.1, 0.15) is 5.75 Å². The van der Waals surface area contributed by atoms with E-state index in [1.807, 2.05) is 12.1 Å². The van der Waals surface area contributed by atoms with Crippen molar-refractivity contribution in [2.45, 2.75) is 38.6 Å². The molecule has 126 valence electrons. The highest BCUT2D eigenvalue weighted by atomic mass is 16.5. The van der Waals surface area contributed by atoms with Crippen molar-refractivity contribution in [3.63, 3.8) is 0 Å². The lowest BCUT2D eigenvalue weighted by atomic mass is 10.00. The minimum atomic E-state index is 0.298. The van der Waals surface area contributed by atoms with E-state index < -0.39 is 0 Å². The Labute approximate surface area is 139 Å². The monoisotopic (exact) mass is 316 g/mol. The molecule has 4 heteroatoms. The number of amides is 1. The van der Waals surface area contributed by atoms with Crippen molar-refractivity contribution >= 4 is 5.91 Å². The van der Waals surface area contributed by atoms with Gasteiger partial charge in [0.2, 0.25) is 5.91 Å². The van der Waals surface area contributed by atoms with Gasteiger partial charge in [-0.2, -0.15) is 0 Å². The van der Waals surface area contributed by atoms with Crippen LogP contribution in [0.5, 0.6) is 5.75 Å². The summed E-state index contributed by atoms with van der Waals surface area (Å²) in [6.07, 6.45) is 4.68. The lowest BCUT2D eigenvalue weighted by Gasteiger charge is -2.33. The van der Waals surface area contributed by atoms with Gasteiger partial charge in [0.05, 0.1) is 13.7 Å². The van der Waals surface area contributed by atoms with Crippen LogP contribution in [0.25, 0.3) is 0 Å². The smallest absolute Gasteiger partial charge is 0.236 e. The van der Waals surface area contributed by atoms with Gasteiger partial charge < -0.3 is 9.64 Å². The summed E-state index contributed by atoms with van der Waals surface area (Å²) in [6.45, 7) is 5.66. The number of carbonyl (C=O) groups is 1. The number of hydrogen-bond donors (Lipinski definition) is 0. The van der Waals surface area contributed by atoms with Crippen molar-refractivity contribution in [2.75, 3.05) is 33.3 Å². The van der Waals surface area contributed by atoms with Gasteiger partial charge >= 0.3 is 0 Å². The van der Waals surface area contributed by atoms with E-state index in [4.69, 9.17) is 4.74 Å². The second-order valence-electron chi connectivity index (χ2n) is 6.99. The number of ether oxygens (including phenoxy) is 1. The van der Waals surface area contributed by atoms with Crippen LogP contribution in [0.3, 0.4) is 0 Å². The molecule has 2 aliphatic heterocycles. The van der Waals surface area contributed by atoms with Crippen LogP contribution in [0, 0.1) is 5.92 Å². The van der Waals surface area contributed by atoms with E-state index in [1.165, 1.54) is 12.0 Å². The molecular formula is C19H28N2O2. The van der Waals surface area contributed by atoms with E-state index in [9.17, 15) is 4.79 Å². The Kier molecular flexibility index (Phi) is 5.21. The minimum absolute atomic E-state index is 0.298. The summed E-state index contributed by atoms with van der Waals surface area (Å²) < 4.78 is 5.34. The number of methoxy groups -OCH3 is 1. The highest BCUT2D eigenvalue weighted by Crippen LogP contribution is 2.33. The first-order chi connectivity index (χ1) is 11.2. The molecule has 2 fully saturated rings. The summed E-state index contributed by atoms with van der Waals surface area (Å²) in [5, 5.41) is 0. The lowest BCUT2D eigenvalue weighted by molar-refractivity contribution is -0.134. The molecule has 4 nitrogen and oxygen atoms in total. The van der Waals surface area contributed by atoms with Gasteiger partial charge in [-0.15, -0.1) is 0 Å². The van der Waals surface area contributed by atoms with Crippen molar-refractivity contribution in [2.24, 2.45) is 5.92 Å². The number of nitrogens with zero attached hydrogens (tertiary/aromatic N) is 2. The molecule has 0 saturated carbocycles. The molecule has 0 aromatic heterocycles. The van der Waals surface area contributed by atoms with Crippen LogP contribution < -0.4 is 4.74 Å². The molecule has 2 heterocycles. The number of carbonyl (C=O) groups excluding carboxylic acids is 1. The fraction of sp³-hybridized carbons (Fsp3) is 0.632. The van der Waals surface area contributed by atoms with Crippen molar-refractivity contribution in [3.05, 3.63) is 29.8 Å². The Balaban J connectivity index is 1.65. The second kappa shape index (κ2) is 7.35. The number of rotatable bonds is 4. The van der Waals surface area contributed by atoms with Gasteiger partial charge in [-0.05, 0) is 55.8 Å². The molecule has 1 aromatic carbocycles. The SMILES string of the molecule is COc1cccc([C@@H]2CCCN2CC(=O)N2CCC[C@H](C)C2)c1. The van der Waals surface area contributed by atoms with Crippen LogP contribution in [0.4, 0.5) is 0 Å². The second-order valence-corrected chi connectivity index (χ2v) is 6.99. The molecule has 1 aromatic rings. The summed E-state index contributed by atoms with van der Waals surface area (Å²) in [6, 6.07) is 8.62. The summed E-state index contributed by atoms with van der Waals surface area (Å²) in [5.41, 5.74) is 1.27. The molecular weight excluding hydrogens is 288 g/mol. The highest BCUT2D eigenvalue weighted by Gasteiger charge is 2.30. The van der Waals surface area contributed by atoms with E-state index in [0.717, 1.165) is 44.6 Å². The Morgan fingerprint density at radius 1 is 1.26 bits per heavy atom. The van der Waals surface area contributed by atoms with Gasteiger partial charge in [-0.1, -0.05) is 19.1 Å². The van der Waals surface area contributed by atoms with Gasteiger partial charge in [-0.25, -0.2) is 0 Å². The van der Waals surface area contributed by atoms with Gasteiger partial charge in [0.25, 0.3) is 0 Å². The van der Waals surface area contributed by atoms with Crippen molar-refractivity contribution in [3.8, 4) is 5.75 Å². The Morgan fingerprint density at radius 2 is 2.09 bits per heavy atom. The van der Waals surface area contributed by atoms with Crippen LogP contribution in [-0.4, -0.2) is 49.0 Å². The van der Waals surface area contributed by atoms with E-state index in [1.54, 1.807) is 7.11 Å². The normalized spacial score (nSPS) is 25.6. The third-order valence-corrected chi connectivity index (χ3v) is 5.19. The van der Waals surface area contributed by atoms with Crippen molar-refractivity contribution in [1.29, 1.82) is 0 Å². The maximum atomic E-state index is 12.7. The zero-order chi connectivity index (χ0) is 16.2. The summed E-state index contributed by atoms with van der Waals surface area (Å²) in [5.74, 6) is 1.83. The summed E-state index contributed by atoms with van der Waals surface area (Å²) in [7, 11) is 1.70. The number of likely N-dealkylation sites (tertiary alicyclic amines) is 2. The third-order valence-electron chi connectivity index (χ3n) is 5.19. The van der Waals surface area contributed by atoms with Gasteiger partial charge in [0.15, 0.2) is 0 Å². The largest absolute Gasteiger partial charge is 0.497 e. The molecule has 1 amide bonds. The molecule has 0 radical (unpaired) electrons. The van der Waals surface area contributed by atoms with E-state index >= 15 is 0 Å². The van der Waals surface area contributed by atoms with E-state index in [0.29, 0.717) is 24.4 Å². The molecule has 0 unspecified atom stereocenters. The fourth-order valence-electron chi connectivity index (χ4n) is 3.93. The molecule has 0 spiro atoms. The average molecular weight is 316 g/mol. The molecule has 0 bridgehead atoms. The quantitative estimate of drug-likeness (QED) is 0.856. The standard InChI is InChI=1S/C19H28N2O2/c1-15-6-4-11-21(13-15)19(22)14-20-10-5-9-18(20)16-7-3-8-17(12-16)23-2/h3,7-8,12,15,18H,4-6,9-11,13-14H2,1-2H3/t15-,18-/m0/s1. The fourth-order valence-corrected chi connectivity index (χ4v) is 3.93. The Morgan fingerprint density at radius 3 is 2.87 bits per heavy atom. The summed E-state index contributed by atoms with van der Waals surface area (Å²) >= 11 is 0. The van der Waals surface area contributed by atoms with Crippen LogP contribution in [0.15, 0.2) is 24.3 Å². The summed E-state index contributed by atoms with van der Waals surface area (Å²) in [4.78, 5) is 17.1. The highest BCUT2D eigenvalue weighted by molar-refractivity contribution is 5.78. The third kappa shape index (κ3) is 3.86. The van der Waals surface area contributed by atoms with E-state index in [2.05, 4.69) is 28.9 Å². The first kappa shape index (κ1) is 16.3. The Bertz CT molecular complexity index is 546. The van der Waals surface area contributed by atoms with Crippen LogP contribution in [0.2, 0.25) is 0 Å². The first-order valence-electron chi connectivity index (χ1n) is 8.83. The van der Waals surface area contributed by atoms with Crippen molar-refractivity contribution in [1.82, 2.24) is 9.80 Å². The maximum absolute atomic E-state index is 12.7. The number of hydrogen-bond acceptors (Lipinski definition) is 3. The molecule has 0 N–H and O–H groups in total. The van der Waals surface area contributed by atoms with Crippen LogP contribution >= 0.6 is 0 Å². The zero-order valence-electron chi connectivity index (χ0n) is 14.3. The van der Waals surface area contributed by atoms with Crippen LogP contribution in [0.1, 0.15) is 44.2 Å². The lowest BCUT2D eigenvalue weighted by Crippen LogP contribution is -2.44. The zero-order valence-corrected chi connectivity index (χ0v) is 14.3. The number of piperidine rings is 1. The molecule has 2 saturated heterocycles. The molecule has 3 rings (SSSR count). The van der Waals surface area contributed by atoms with Gasteiger partial charge in [0, 0.05) is 19.1 Å². The molecule has 2 atom stereocenters. The minimum Gasteiger partial charge on any atom is -0.497 e. The average Bonchev–Trinajstić information content (AvgIpc) is 3.03. The topological polar surface area (TPSA) is 32.8 Å². The molecule has 0 aliphatic carbocycles. The molecule has 2 aliphatic rings. The number of benzene rings is 1. The van der Waals surface area contributed by atoms with Gasteiger partial charge in [-0.3, -0.25) is 9.69 Å². The van der Waals surface area contributed by atoms with Crippen molar-refractivity contribution < 1.29 is 9.53 Å². The van der Waals surface area contributed by atoms with Crippen LogP contribution in [-0.2, 0) is 4.79 Å². The first-order valence-corrected chi connectivity index (χ1v) is 8.83. The predicted molar refractivity (Wildman–Crippen MR) is 91.5 cm³/mol. The van der Waals surface area contributed by atoms with E-state index in [-0.39, 0.29) is 0 Å². The predicted octanol–water partition coefficient (Wildman–Crippen LogP) is 3.09. The Hall–Kier alpha value is -1.55. The maximum Gasteiger partial charge on any atom is 0.236 e.